The molecule has 0 aromatic heterocycles. The van der Waals surface area contributed by atoms with Gasteiger partial charge in [0.05, 0.1) is 5.56 Å². The summed E-state index contributed by atoms with van der Waals surface area (Å²) in [5.41, 5.74) is 3.84. The molecule has 0 saturated heterocycles. The first-order valence-electron chi connectivity index (χ1n) is 10.3. The summed E-state index contributed by atoms with van der Waals surface area (Å²) >= 11 is 0. The van der Waals surface area contributed by atoms with Crippen molar-refractivity contribution in [1.82, 2.24) is 9.80 Å². The van der Waals surface area contributed by atoms with Crippen molar-refractivity contribution in [2.45, 2.75) is 39.0 Å². The van der Waals surface area contributed by atoms with Crippen molar-refractivity contribution in [1.29, 1.82) is 0 Å². The minimum atomic E-state index is -0.467. The average Bonchev–Trinajstić information content (AvgIpc) is 2.74. The van der Waals surface area contributed by atoms with Crippen LogP contribution in [0.15, 0.2) is 36.4 Å². The number of aryl methyl sites for hydroxylation is 2. The Balaban J connectivity index is 1.57. The lowest BCUT2D eigenvalue weighted by Gasteiger charge is -2.24. The molecule has 0 unspecified atom stereocenters. The topological polar surface area (TPSA) is 40.6 Å². The van der Waals surface area contributed by atoms with E-state index in [0.717, 1.165) is 24.8 Å². The van der Waals surface area contributed by atoms with Crippen LogP contribution in [-0.4, -0.2) is 48.8 Å². The number of rotatable bonds is 6. The van der Waals surface area contributed by atoms with Crippen LogP contribution < -0.4 is 0 Å². The lowest BCUT2D eigenvalue weighted by molar-refractivity contribution is 0.0761. The maximum absolute atomic E-state index is 14.2. The molecule has 0 saturated carbocycles. The van der Waals surface area contributed by atoms with Gasteiger partial charge in [0.15, 0.2) is 0 Å². The van der Waals surface area contributed by atoms with Gasteiger partial charge in [-0.2, -0.15) is 0 Å². The zero-order valence-electron chi connectivity index (χ0n) is 17.5. The van der Waals surface area contributed by atoms with E-state index < -0.39 is 5.82 Å². The third-order valence-electron chi connectivity index (χ3n) is 5.73. The molecule has 0 heterocycles. The van der Waals surface area contributed by atoms with Crippen molar-refractivity contribution in [3.63, 3.8) is 0 Å². The second-order valence-corrected chi connectivity index (χ2v) is 7.89. The number of amides is 2. The first-order valence-corrected chi connectivity index (χ1v) is 10.3. The van der Waals surface area contributed by atoms with Gasteiger partial charge in [0.2, 0.25) is 0 Å². The molecule has 154 valence electrons. The Morgan fingerprint density at radius 1 is 0.897 bits per heavy atom. The van der Waals surface area contributed by atoms with Crippen LogP contribution in [0, 0.1) is 12.7 Å². The van der Waals surface area contributed by atoms with Crippen LogP contribution >= 0.6 is 0 Å². The van der Waals surface area contributed by atoms with E-state index in [2.05, 4.69) is 6.07 Å². The Kier molecular flexibility index (Phi) is 6.68. The van der Waals surface area contributed by atoms with E-state index in [1.54, 1.807) is 38.1 Å². The van der Waals surface area contributed by atoms with Crippen molar-refractivity contribution in [3.05, 3.63) is 70.0 Å². The van der Waals surface area contributed by atoms with E-state index in [9.17, 15) is 14.0 Å². The standard InChI is InChI=1S/C24H29FN2O2/c1-17-9-6-14-21(22(17)25)24(29)27(3)16-8-15-26(2)23(28)20-13-7-11-18-10-4-5-12-19(18)20/h6-7,9,11,13-14H,4-5,8,10,12,15-16H2,1-3H3. The summed E-state index contributed by atoms with van der Waals surface area (Å²) in [6.45, 7) is 2.64. The summed E-state index contributed by atoms with van der Waals surface area (Å²) in [5, 5.41) is 0. The van der Waals surface area contributed by atoms with E-state index in [-0.39, 0.29) is 17.4 Å². The molecule has 0 N–H and O–H groups in total. The molecule has 2 aromatic rings. The average molecular weight is 397 g/mol. The first kappa shape index (κ1) is 21.0. The summed E-state index contributed by atoms with van der Waals surface area (Å²) < 4.78 is 14.2. The Morgan fingerprint density at radius 2 is 1.48 bits per heavy atom. The van der Waals surface area contributed by atoms with E-state index in [0.29, 0.717) is 25.1 Å². The van der Waals surface area contributed by atoms with Crippen molar-refractivity contribution < 1.29 is 14.0 Å². The Morgan fingerprint density at radius 3 is 2.21 bits per heavy atom. The highest BCUT2D eigenvalue weighted by molar-refractivity contribution is 5.96. The van der Waals surface area contributed by atoms with Crippen LogP contribution in [0.1, 0.15) is 56.7 Å². The molecule has 5 heteroatoms. The molecule has 1 aliphatic carbocycles. The van der Waals surface area contributed by atoms with Crippen molar-refractivity contribution in [2.24, 2.45) is 0 Å². The quantitative estimate of drug-likeness (QED) is 0.733. The van der Waals surface area contributed by atoms with E-state index >= 15 is 0 Å². The molecule has 0 atom stereocenters. The van der Waals surface area contributed by atoms with Crippen LogP contribution in [0.2, 0.25) is 0 Å². The van der Waals surface area contributed by atoms with Crippen molar-refractivity contribution in [2.75, 3.05) is 27.2 Å². The number of hydrogen-bond acceptors (Lipinski definition) is 2. The lowest BCUT2D eigenvalue weighted by Crippen LogP contribution is -2.33. The SMILES string of the molecule is Cc1cccc(C(=O)N(C)CCCN(C)C(=O)c2cccc3c2CCCC3)c1F. The van der Waals surface area contributed by atoms with E-state index in [4.69, 9.17) is 0 Å². The third kappa shape index (κ3) is 4.66. The first-order chi connectivity index (χ1) is 13.9. The van der Waals surface area contributed by atoms with Gasteiger partial charge < -0.3 is 9.80 Å². The number of hydrogen-bond donors (Lipinski definition) is 0. The summed E-state index contributed by atoms with van der Waals surface area (Å²) in [4.78, 5) is 28.7. The summed E-state index contributed by atoms with van der Waals surface area (Å²) in [5.74, 6) is -0.773. The van der Waals surface area contributed by atoms with Gasteiger partial charge in [-0.1, -0.05) is 24.3 Å². The normalized spacial score (nSPS) is 13.0. The van der Waals surface area contributed by atoms with Gasteiger partial charge in [-0.3, -0.25) is 9.59 Å². The number of nitrogens with zero attached hydrogens (tertiary/aromatic N) is 2. The van der Waals surface area contributed by atoms with Crippen LogP contribution in [0.3, 0.4) is 0 Å². The fourth-order valence-corrected chi connectivity index (χ4v) is 3.95. The highest BCUT2D eigenvalue weighted by atomic mass is 19.1. The summed E-state index contributed by atoms with van der Waals surface area (Å²) in [7, 11) is 3.46. The predicted molar refractivity (Wildman–Crippen MR) is 113 cm³/mol. The molecule has 4 nitrogen and oxygen atoms in total. The number of fused-ring (bicyclic) bond motifs is 1. The van der Waals surface area contributed by atoms with Crippen molar-refractivity contribution >= 4 is 11.8 Å². The van der Waals surface area contributed by atoms with Gasteiger partial charge in [0, 0.05) is 32.7 Å². The second-order valence-electron chi connectivity index (χ2n) is 7.89. The fourth-order valence-electron chi connectivity index (χ4n) is 3.95. The Bertz CT molecular complexity index is 910. The van der Waals surface area contributed by atoms with Gasteiger partial charge in [-0.15, -0.1) is 0 Å². The summed E-state index contributed by atoms with van der Waals surface area (Å²) in [6, 6.07) is 10.8. The fraction of sp³-hybridized carbons (Fsp3) is 0.417. The molecule has 3 rings (SSSR count). The molecule has 0 fully saturated rings. The molecular formula is C24H29FN2O2. The van der Waals surface area contributed by atoms with Gasteiger partial charge >= 0.3 is 0 Å². The van der Waals surface area contributed by atoms with Crippen LogP contribution in [-0.2, 0) is 12.8 Å². The largest absolute Gasteiger partial charge is 0.342 e. The maximum Gasteiger partial charge on any atom is 0.256 e. The minimum Gasteiger partial charge on any atom is -0.342 e. The molecule has 2 amide bonds. The Hall–Kier alpha value is -2.69. The van der Waals surface area contributed by atoms with E-state index in [1.165, 1.54) is 28.5 Å². The number of carbonyl (C=O) groups excluding carboxylic acids is 2. The monoisotopic (exact) mass is 396 g/mol. The molecule has 1 aliphatic rings. The number of benzene rings is 2. The highest BCUT2D eigenvalue weighted by Gasteiger charge is 2.21. The molecule has 0 spiro atoms. The van der Waals surface area contributed by atoms with Crippen molar-refractivity contribution in [3.8, 4) is 0 Å². The highest BCUT2D eigenvalue weighted by Crippen LogP contribution is 2.25. The predicted octanol–water partition coefficient (Wildman–Crippen LogP) is 4.25. The van der Waals surface area contributed by atoms with Crippen LogP contribution in [0.25, 0.3) is 0 Å². The molecule has 29 heavy (non-hydrogen) atoms. The summed E-state index contributed by atoms with van der Waals surface area (Å²) in [6.07, 6.45) is 4.95. The second kappa shape index (κ2) is 9.21. The Labute approximate surface area is 172 Å². The zero-order chi connectivity index (χ0) is 21.0. The molecule has 2 aromatic carbocycles. The van der Waals surface area contributed by atoms with Gasteiger partial charge in [-0.25, -0.2) is 4.39 Å². The van der Waals surface area contributed by atoms with Crippen LogP contribution in [0.5, 0.6) is 0 Å². The number of carbonyl (C=O) groups is 2. The third-order valence-corrected chi connectivity index (χ3v) is 5.73. The van der Waals surface area contributed by atoms with Gasteiger partial charge in [0.25, 0.3) is 11.8 Å². The van der Waals surface area contributed by atoms with Crippen LogP contribution in [0.4, 0.5) is 4.39 Å². The smallest absolute Gasteiger partial charge is 0.256 e. The van der Waals surface area contributed by atoms with E-state index in [1.807, 2.05) is 12.1 Å². The molecule has 0 bridgehead atoms. The van der Waals surface area contributed by atoms with Gasteiger partial charge in [0.1, 0.15) is 5.82 Å². The maximum atomic E-state index is 14.2. The lowest BCUT2D eigenvalue weighted by atomic mass is 9.88. The molecular weight excluding hydrogens is 367 g/mol. The minimum absolute atomic E-state index is 0.0301. The number of halogens is 1. The zero-order valence-corrected chi connectivity index (χ0v) is 17.5. The molecule has 0 aliphatic heterocycles. The van der Waals surface area contributed by atoms with Gasteiger partial charge in [-0.05, 0) is 67.9 Å². The molecule has 0 radical (unpaired) electrons.